The van der Waals surface area contributed by atoms with E-state index >= 15 is 0 Å². The number of aromatic nitrogens is 2. The number of carbonyl (C=O) groups excluding carboxylic acids is 1. The van der Waals surface area contributed by atoms with Crippen LogP contribution in [0.4, 0.5) is 5.69 Å². The lowest BCUT2D eigenvalue weighted by atomic mass is 10.3. The van der Waals surface area contributed by atoms with E-state index in [0.29, 0.717) is 0 Å². The summed E-state index contributed by atoms with van der Waals surface area (Å²) in [6.45, 7) is 0. The summed E-state index contributed by atoms with van der Waals surface area (Å²) in [5.41, 5.74) is 0.884. The number of carbonyl (C=O) groups is 1. The van der Waals surface area contributed by atoms with Crippen LogP contribution in [0.2, 0.25) is 0 Å². The third kappa shape index (κ3) is 2.40. The van der Waals surface area contributed by atoms with Crippen LogP contribution in [0.1, 0.15) is 10.5 Å². The lowest BCUT2D eigenvalue weighted by Crippen LogP contribution is -2.12. The van der Waals surface area contributed by atoms with Crippen LogP contribution >= 0.6 is 11.8 Å². The van der Waals surface area contributed by atoms with E-state index in [1.54, 1.807) is 11.8 Å². The molecule has 2 rings (SSSR count). The molecule has 82 valence electrons. The Kier molecular flexibility index (Phi) is 3.21. The van der Waals surface area contributed by atoms with Gasteiger partial charge in [0, 0.05) is 10.6 Å². The first kappa shape index (κ1) is 10.7. The maximum atomic E-state index is 11.6. The van der Waals surface area contributed by atoms with Gasteiger partial charge in [-0.3, -0.25) is 4.79 Å². The molecule has 1 aromatic carbocycles. The van der Waals surface area contributed by atoms with E-state index in [4.69, 9.17) is 0 Å². The normalized spacial score (nSPS) is 10.1. The van der Waals surface area contributed by atoms with Crippen LogP contribution in [-0.4, -0.2) is 22.5 Å². The number of rotatable bonds is 3. The van der Waals surface area contributed by atoms with Crippen LogP contribution in [0.25, 0.3) is 0 Å². The zero-order chi connectivity index (χ0) is 11.4. The second-order valence-corrected chi connectivity index (χ2v) is 3.86. The minimum atomic E-state index is -0.334. The van der Waals surface area contributed by atoms with Crippen molar-refractivity contribution in [1.82, 2.24) is 10.3 Å². The highest BCUT2D eigenvalue weighted by Gasteiger charge is 2.09. The Hall–Kier alpha value is -1.82. The molecule has 0 aliphatic heterocycles. The topological polar surface area (TPSA) is 68.0 Å². The monoisotopic (exact) mass is 235 g/mol. The van der Waals surface area contributed by atoms with Crippen molar-refractivity contribution in [3.8, 4) is 0 Å². The Bertz CT molecular complexity index is 485. The van der Waals surface area contributed by atoms with Gasteiger partial charge in [-0.25, -0.2) is 4.63 Å². The number of hydrogen-bond acceptors (Lipinski definition) is 5. The van der Waals surface area contributed by atoms with Crippen molar-refractivity contribution >= 4 is 23.4 Å². The Morgan fingerprint density at radius 3 is 3.06 bits per heavy atom. The van der Waals surface area contributed by atoms with Gasteiger partial charge in [-0.15, -0.1) is 11.8 Å². The predicted molar refractivity (Wildman–Crippen MR) is 60.5 cm³/mol. The molecule has 6 heteroatoms. The Morgan fingerprint density at radius 2 is 2.38 bits per heavy atom. The van der Waals surface area contributed by atoms with Gasteiger partial charge in [0.1, 0.15) is 6.20 Å². The van der Waals surface area contributed by atoms with Crippen molar-refractivity contribution in [2.24, 2.45) is 0 Å². The van der Waals surface area contributed by atoms with E-state index in [2.05, 4.69) is 20.3 Å². The first-order chi connectivity index (χ1) is 7.79. The average Bonchev–Trinajstić information content (AvgIpc) is 2.83. The van der Waals surface area contributed by atoms with Crippen molar-refractivity contribution in [1.29, 1.82) is 0 Å². The summed E-state index contributed by atoms with van der Waals surface area (Å²) in [6.07, 6.45) is 3.25. The summed E-state index contributed by atoms with van der Waals surface area (Å²) in [5, 5.41) is 9.52. The Morgan fingerprint density at radius 1 is 1.50 bits per heavy atom. The average molecular weight is 235 g/mol. The van der Waals surface area contributed by atoms with Gasteiger partial charge in [0.25, 0.3) is 5.91 Å². The second-order valence-electron chi connectivity index (χ2n) is 2.98. The lowest BCUT2D eigenvalue weighted by molar-refractivity contribution is 0.101. The van der Waals surface area contributed by atoms with Crippen molar-refractivity contribution < 1.29 is 9.42 Å². The van der Waals surface area contributed by atoms with E-state index in [1.807, 2.05) is 30.5 Å². The summed E-state index contributed by atoms with van der Waals surface area (Å²) in [4.78, 5) is 12.7. The summed E-state index contributed by atoms with van der Waals surface area (Å²) in [5.74, 6) is -0.334. The molecule has 0 saturated heterocycles. The number of benzene rings is 1. The molecular formula is C10H9N3O2S. The maximum Gasteiger partial charge on any atom is 0.279 e. The molecule has 0 aliphatic rings. The van der Waals surface area contributed by atoms with Crippen LogP contribution in [0, 0.1) is 0 Å². The molecule has 16 heavy (non-hydrogen) atoms. The summed E-state index contributed by atoms with van der Waals surface area (Å²) >= 11 is 1.61. The number of nitrogens with zero attached hydrogens (tertiary/aromatic N) is 2. The minimum Gasteiger partial charge on any atom is -0.320 e. The van der Waals surface area contributed by atoms with Gasteiger partial charge >= 0.3 is 0 Å². The third-order valence-corrected chi connectivity index (χ3v) is 2.65. The SMILES string of the molecule is CSc1cccc(NC(=O)c2cnon2)c1. The molecule has 0 saturated carbocycles. The van der Waals surface area contributed by atoms with E-state index in [0.717, 1.165) is 10.6 Å². The van der Waals surface area contributed by atoms with Crippen LogP contribution in [0.3, 0.4) is 0 Å². The third-order valence-electron chi connectivity index (χ3n) is 1.92. The standard InChI is InChI=1S/C10H9N3O2S/c1-16-8-4-2-3-7(5-8)12-10(14)9-6-11-15-13-9/h2-6H,1H3,(H,12,14). The highest BCUT2D eigenvalue weighted by molar-refractivity contribution is 7.98. The van der Waals surface area contributed by atoms with Crippen LogP contribution in [-0.2, 0) is 0 Å². The second kappa shape index (κ2) is 4.80. The lowest BCUT2D eigenvalue weighted by Gasteiger charge is -2.03. The van der Waals surface area contributed by atoms with Gasteiger partial charge in [0.2, 0.25) is 0 Å². The molecule has 1 N–H and O–H groups in total. The zero-order valence-electron chi connectivity index (χ0n) is 8.51. The predicted octanol–water partition coefficient (Wildman–Crippen LogP) is 2.04. The largest absolute Gasteiger partial charge is 0.320 e. The molecule has 0 bridgehead atoms. The Balaban J connectivity index is 2.12. The van der Waals surface area contributed by atoms with Gasteiger partial charge in [-0.1, -0.05) is 11.2 Å². The Labute approximate surface area is 96.2 Å². The van der Waals surface area contributed by atoms with Gasteiger partial charge in [-0.05, 0) is 29.6 Å². The number of nitrogens with one attached hydrogen (secondary N) is 1. The molecular weight excluding hydrogens is 226 g/mol. The smallest absolute Gasteiger partial charge is 0.279 e. The number of hydrogen-bond donors (Lipinski definition) is 1. The van der Waals surface area contributed by atoms with Gasteiger partial charge in [0.15, 0.2) is 5.69 Å². The zero-order valence-corrected chi connectivity index (χ0v) is 9.32. The molecule has 5 nitrogen and oxygen atoms in total. The van der Waals surface area contributed by atoms with Crippen LogP contribution in [0.5, 0.6) is 0 Å². The first-order valence-corrected chi connectivity index (χ1v) is 5.75. The molecule has 2 aromatic rings. The number of anilines is 1. The van der Waals surface area contributed by atoms with Crippen LogP contribution in [0.15, 0.2) is 40.0 Å². The van der Waals surface area contributed by atoms with Crippen molar-refractivity contribution in [3.63, 3.8) is 0 Å². The number of amides is 1. The molecule has 0 aliphatic carbocycles. The van der Waals surface area contributed by atoms with E-state index in [9.17, 15) is 4.79 Å². The minimum absolute atomic E-state index is 0.162. The molecule has 0 unspecified atom stereocenters. The van der Waals surface area contributed by atoms with Crippen molar-refractivity contribution in [2.75, 3.05) is 11.6 Å². The quantitative estimate of drug-likeness (QED) is 0.824. The van der Waals surface area contributed by atoms with Gasteiger partial charge in [0.05, 0.1) is 0 Å². The van der Waals surface area contributed by atoms with Crippen LogP contribution < -0.4 is 5.32 Å². The fraction of sp³-hybridized carbons (Fsp3) is 0.100. The van der Waals surface area contributed by atoms with Crippen molar-refractivity contribution in [2.45, 2.75) is 4.90 Å². The van der Waals surface area contributed by atoms with Gasteiger partial charge < -0.3 is 5.32 Å². The number of thioether (sulfide) groups is 1. The highest BCUT2D eigenvalue weighted by Crippen LogP contribution is 2.19. The fourth-order valence-electron chi connectivity index (χ4n) is 1.16. The van der Waals surface area contributed by atoms with Crippen molar-refractivity contribution in [3.05, 3.63) is 36.2 Å². The fourth-order valence-corrected chi connectivity index (χ4v) is 1.62. The molecule has 0 fully saturated rings. The maximum absolute atomic E-state index is 11.6. The molecule has 1 amide bonds. The summed E-state index contributed by atoms with van der Waals surface area (Å²) < 4.78 is 4.35. The van der Waals surface area contributed by atoms with Gasteiger partial charge in [-0.2, -0.15) is 0 Å². The van der Waals surface area contributed by atoms with E-state index in [-0.39, 0.29) is 11.6 Å². The molecule has 0 radical (unpaired) electrons. The summed E-state index contributed by atoms with van der Waals surface area (Å²) in [7, 11) is 0. The van der Waals surface area contributed by atoms with E-state index < -0.39 is 0 Å². The molecule has 0 atom stereocenters. The molecule has 0 spiro atoms. The first-order valence-electron chi connectivity index (χ1n) is 4.52. The summed E-state index contributed by atoms with van der Waals surface area (Å²) in [6, 6.07) is 7.54. The molecule has 1 aromatic heterocycles. The van der Waals surface area contributed by atoms with E-state index in [1.165, 1.54) is 6.20 Å². The molecule has 1 heterocycles. The highest BCUT2D eigenvalue weighted by atomic mass is 32.2.